The van der Waals surface area contributed by atoms with E-state index in [2.05, 4.69) is 45.1 Å². The number of allylic oxidation sites excluding steroid dienone is 22. The van der Waals surface area contributed by atoms with Gasteiger partial charge in [-0.2, -0.15) is 0 Å². The average molecular weight is 939 g/mol. The molecule has 0 radical (unpaired) electrons. The van der Waals surface area contributed by atoms with Crippen molar-refractivity contribution in [1.29, 1.82) is 0 Å². The lowest BCUT2D eigenvalue weighted by molar-refractivity contribution is -0.167. The highest BCUT2D eigenvalue weighted by molar-refractivity contribution is 5.71. The first-order valence-corrected chi connectivity index (χ1v) is 27.3. The van der Waals surface area contributed by atoms with Gasteiger partial charge in [-0.05, 0) is 57.8 Å². The molecule has 0 amide bonds. The van der Waals surface area contributed by atoms with Gasteiger partial charge >= 0.3 is 17.9 Å². The molecule has 0 rings (SSSR count). The van der Waals surface area contributed by atoms with Gasteiger partial charge in [0.2, 0.25) is 0 Å². The van der Waals surface area contributed by atoms with Crippen molar-refractivity contribution in [1.82, 2.24) is 0 Å². The Balaban J connectivity index is 4.54. The van der Waals surface area contributed by atoms with Gasteiger partial charge in [0, 0.05) is 19.3 Å². The Kier molecular flexibility index (Phi) is 51.5. The van der Waals surface area contributed by atoms with E-state index in [1.54, 1.807) is 0 Å². The van der Waals surface area contributed by atoms with Crippen molar-refractivity contribution in [3.8, 4) is 0 Å². The van der Waals surface area contributed by atoms with Gasteiger partial charge in [-0.15, -0.1) is 0 Å². The van der Waals surface area contributed by atoms with E-state index >= 15 is 0 Å². The summed E-state index contributed by atoms with van der Waals surface area (Å²) in [6.07, 6.45) is 77.2. The topological polar surface area (TPSA) is 78.9 Å². The zero-order chi connectivity index (χ0) is 49.3. The van der Waals surface area contributed by atoms with E-state index < -0.39 is 6.10 Å². The summed E-state index contributed by atoms with van der Waals surface area (Å²) >= 11 is 0. The Labute approximate surface area is 417 Å². The number of carbonyl (C=O) groups excluding carboxylic acids is 3. The summed E-state index contributed by atoms with van der Waals surface area (Å²) in [7, 11) is 0. The molecule has 0 aliphatic rings. The van der Waals surface area contributed by atoms with E-state index in [1.165, 1.54) is 96.3 Å². The van der Waals surface area contributed by atoms with Crippen LogP contribution in [-0.2, 0) is 28.6 Å². The molecule has 0 aromatic carbocycles. The maximum Gasteiger partial charge on any atom is 0.306 e. The Bertz CT molecular complexity index is 1500. The van der Waals surface area contributed by atoms with E-state index in [9.17, 15) is 14.4 Å². The second-order valence-electron chi connectivity index (χ2n) is 17.7. The predicted octanol–water partition coefficient (Wildman–Crippen LogP) is 18.3. The number of unbranched alkanes of at least 4 members (excludes halogenated alkanes) is 23. The molecule has 1 unspecified atom stereocenters. The van der Waals surface area contributed by atoms with Gasteiger partial charge in [-0.3, -0.25) is 14.4 Å². The lowest BCUT2D eigenvalue weighted by Gasteiger charge is -2.18. The average Bonchev–Trinajstić information content (AvgIpc) is 3.34. The summed E-state index contributed by atoms with van der Waals surface area (Å²) in [6, 6.07) is 0. The van der Waals surface area contributed by atoms with Crippen molar-refractivity contribution in [2.75, 3.05) is 13.2 Å². The second kappa shape index (κ2) is 55.1. The molecule has 6 heteroatoms. The quantitative estimate of drug-likeness (QED) is 0.0262. The zero-order valence-electron chi connectivity index (χ0n) is 43.6. The van der Waals surface area contributed by atoms with E-state index in [-0.39, 0.29) is 37.5 Å². The summed E-state index contributed by atoms with van der Waals surface area (Å²) < 4.78 is 16.8. The smallest absolute Gasteiger partial charge is 0.306 e. The van der Waals surface area contributed by atoms with Gasteiger partial charge in [-0.1, -0.05) is 276 Å². The first kappa shape index (κ1) is 63.5. The molecule has 0 bridgehead atoms. The molecule has 0 saturated heterocycles. The van der Waals surface area contributed by atoms with Crippen molar-refractivity contribution in [3.63, 3.8) is 0 Å². The molecule has 0 aromatic rings. The Hall–Kier alpha value is -4.45. The lowest BCUT2D eigenvalue weighted by Crippen LogP contribution is -2.30. The van der Waals surface area contributed by atoms with E-state index in [4.69, 9.17) is 14.2 Å². The predicted molar refractivity (Wildman–Crippen MR) is 292 cm³/mol. The molecule has 68 heavy (non-hydrogen) atoms. The normalized spacial score (nSPS) is 13.2. The summed E-state index contributed by atoms with van der Waals surface area (Å²) in [6.45, 7) is 6.27. The number of esters is 3. The molecule has 0 aliphatic carbocycles. The second-order valence-corrected chi connectivity index (χ2v) is 17.7. The van der Waals surface area contributed by atoms with Gasteiger partial charge in [0.15, 0.2) is 6.10 Å². The van der Waals surface area contributed by atoms with Crippen molar-refractivity contribution in [2.45, 2.75) is 226 Å². The number of hydrogen-bond acceptors (Lipinski definition) is 6. The van der Waals surface area contributed by atoms with Gasteiger partial charge in [-0.25, -0.2) is 0 Å². The van der Waals surface area contributed by atoms with Crippen LogP contribution in [-0.4, -0.2) is 37.2 Å². The summed E-state index contributed by atoms with van der Waals surface area (Å²) in [5.41, 5.74) is 0. The molecule has 0 spiro atoms. The van der Waals surface area contributed by atoms with Crippen LogP contribution in [0.4, 0.5) is 0 Å². The van der Waals surface area contributed by atoms with Crippen LogP contribution in [0.15, 0.2) is 134 Å². The highest BCUT2D eigenvalue weighted by Gasteiger charge is 2.19. The summed E-state index contributed by atoms with van der Waals surface area (Å²) in [4.78, 5) is 38.1. The highest BCUT2D eigenvalue weighted by atomic mass is 16.6. The number of hydrogen-bond donors (Lipinski definition) is 0. The van der Waals surface area contributed by atoms with Gasteiger partial charge < -0.3 is 14.2 Å². The zero-order valence-corrected chi connectivity index (χ0v) is 43.6. The molecule has 0 N–H and O–H groups in total. The molecule has 0 aromatic heterocycles. The fourth-order valence-electron chi connectivity index (χ4n) is 7.14. The van der Waals surface area contributed by atoms with Gasteiger partial charge in [0.1, 0.15) is 13.2 Å². The largest absolute Gasteiger partial charge is 0.462 e. The summed E-state index contributed by atoms with van der Waals surface area (Å²) in [5, 5.41) is 0. The third kappa shape index (κ3) is 52.5. The fourth-order valence-corrected chi connectivity index (χ4v) is 7.14. The van der Waals surface area contributed by atoms with Crippen LogP contribution in [0.25, 0.3) is 0 Å². The van der Waals surface area contributed by atoms with Crippen LogP contribution in [0, 0.1) is 0 Å². The number of rotatable bonds is 47. The molecule has 382 valence electrons. The molecule has 1 atom stereocenters. The highest BCUT2D eigenvalue weighted by Crippen LogP contribution is 2.15. The molecule has 0 aliphatic heterocycles. The third-order valence-electron chi connectivity index (χ3n) is 11.2. The Morgan fingerprint density at radius 3 is 0.897 bits per heavy atom. The lowest BCUT2D eigenvalue weighted by atomic mass is 10.0. The maximum absolute atomic E-state index is 12.8. The Morgan fingerprint density at radius 1 is 0.309 bits per heavy atom. The number of carbonyl (C=O) groups is 3. The standard InChI is InChI=1S/C62H98O6/c1-4-7-10-13-16-19-22-25-28-30-32-34-37-40-43-46-49-52-55-61(64)67-58-59(57-66-60(63)54-51-48-45-42-39-36-33-27-24-21-18-15-12-9-6-3)68-62(65)56-53-50-47-44-41-38-35-31-29-26-23-20-17-14-11-8-5-2/h8-9,11-12,14-15,17-18,20-21,23-24,26-27,29,31,33,35-36,38-39,41,59H,4-7,10,13,16,19,22,25,28,30,32,34,37,40,42-58H2,1-3H3/b11-8-,12-9-,17-14-,18-15-,23-20-,24-21-,29-26-,33-27-,35-31+,39-36-,41-38-. The van der Waals surface area contributed by atoms with E-state index in [0.717, 1.165) is 77.0 Å². The SMILES string of the molecule is CC\C=C/C=C\C=C/C=C\C=C/CCCCCC(=O)OCC(COC(=O)CCCCCCCCCCCCCCCCCCCC)OC(=O)CCCCC\C=C/C=C/C=C\C=C/C=C\C=C/CC. The van der Waals surface area contributed by atoms with Gasteiger partial charge in [0.25, 0.3) is 0 Å². The van der Waals surface area contributed by atoms with Gasteiger partial charge in [0.05, 0.1) is 0 Å². The molecule has 0 fully saturated rings. The molecular formula is C62H98O6. The molecule has 6 nitrogen and oxygen atoms in total. The van der Waals surface area contributed by atoms with Crippen LogP contribution >= 0.6 is 0 Å². The van der Waals surface area contributed by atoms with E-state index in [1.807, 2.05) is 109 Å². The van der Waals surface area contributed by atoms with Crippen molar-refractivity contribution >= 4 is 17.9 Å². The Morgan fingerprint density at radius 2 is 0.574 bits per heavy atom. The minimum absolute atomic E-state index is 0.113. The van der Waals surface area contributed by atoms with E-state index in [0.29, 0.717) is 19.3 Å². The third-order valence-corrected chi connectivity index (χ3v) is 11.2. The summed E-state index contributed by atoms with van der Waals surface area (Å²) in [5.74, 6) is -1.00. The molecule has 0 heterocycles. The van der Waals surface area contributed by atoms with Crippen LogP contribution in [0.5, 0.6) is 0 Å². The molecule has 0 saturated carbocycles. The maximum atomic E-state index is 12.8. The minimum Gasteiger partial charge on any atom is -0.462 e. The molecular weight excluding hydrogens is 841 g/mol. The fraction of sp³-hybridized carbons (Fsp3) is 0.597. The van der Waals surface area contributed by atoms with Crippen LogP contribution in [0.2, 0.25) is 0 Å². The van der Waals surface area contributed by atoms with Crippen LogP contribution in [0.1, 0.15) is 220 Å². The number of ether oxygens (including phenoxy) is 3. The van der Waals surface area contributed by atoms with Crippen LogP contribution in [0.3, 0.4) is 0 Å². The van der Waals surface area contributed by atoms with Crippen molar-refractivity contribution in [2.24, 2.45) is 0 Å². The first-order chi connectivity index (χ1) is 33.5. The van der Waals surface area contributed by atoms with Crippen molar-refractivity contribution < 1.29 is 28.6 Å². The first-order valence-electron chi connectivity index (χ1n) is 27.3. The monoisotopic (exact) mass is 939 g/mol. The van der Waals surface area contributed by atoms with Crippen LogP contribution < -0.4 is 0 Å². The minimum atomic E-state index is -0.823. The van der Waals surface area contributed by atoms with Crippen molar-refractivity contribution in [3.05, 3.63) is 134 Å².